The third-order valence-corrected chi connectivity index (χ3v) is 6.39. The molecule has 0 atom stereocenters. The van der Waals surface area contributed by atoms with Gasteiger partial charge in [-0.3, -0.25) is 4.79 Å². The quantitative estimate of drug-likeness (QED) is 0.692. The number of ketones is 1. The van der Waals surface area contributed by atoms with E-state index in [2.05, 4.69) is 19.1 Å². The number of ether oxygens (including phenoxy) is 1. The van der Waals surface area contributed by atoms with Crippen molar-refractivity contribution in [2.24, 2.45) is 5.41 Å². The predicted octanol–water partition coefficient (Wildman–Crippen LogP) is 6.00. The van der Waals surface area contributed by atoms with Crippen molar-refractivity contribution in [2.45, 2.75) is 39.0 Å². The van der Waals surface area contributed by atoms with E-state index in [9.17, 15) is 9.90 Å². The van der Waals surface area contributed by atoms with Crippen LogP contribution in [0.15, 0.2) is 48.2 Å². The molecule has 1 saturated heterocycles. The van der Waals surface area contributed by atoms with Crippen LogP contribution >= 0.6 is 11.6 Å². The summed E-state index contributed by atoms with van der Waals surface area (Å²) in [4.78, 5) is 13.2. The number of hydrogen-bond donors (Lipinski definition) is 1. The highest BCUT2D eigenvalue weighted by Crippen LogP contribution is 2.47. The van der Waals surface area contributed by atoms with Crippen LogP contribution in [0.4, 0.5) is 0 Å². The van der Waals surface area contributed by atoms with Crippen molar-refractivity contribution in [1.29, 1.82) is 0 Å². The molecule has 3 nitrogen and oxygen atoms in total. The van der Waals surface area contributed by atoms with E-state index in [0.717, 1.165) is 41.5 Å². The predicted molar refractivity (Wildman–Crippen MR) is 113 cm³/mol. The van der Waals surface area contributed by atoms with Crippen LogP contribution in [-0.2, 0) is 16.0 Å². The van der Waals surface area contributed by atoms with Crippen molar-refractivity contribution in [3.63, 3.8) is 0 Å². The fraction of sp³-hybridized carbons (Fsp3) is 0.375. The van der Waals surface area contributed by atoms with E-state index >= 15 is 0 Å². The van der Waals surface area contributed by atoms with Gasteiger partial charge in [0.05, 0.1) is 5.57 Å². The minimum absolute atomic E-state index is 0.0496. The summed E-state index contributed by atoms with van der Waals surface area (Å²) in [6, 6.07) is 13.8. The van der Waals surface area contributed by atoms with Gasteiger partial charge in [-0.25, -0.2) is 0 Å². The SMILES string of the molecule is CCc1ccc(-c2ccc(Cl)cc2)cc1C1=C(O)CC2(CCOCC2)CC1=O. The van der Waals surface area contributed by atoms with E-state index in [1.165, 1.54) is 0 Å². The lowest BCUT2D eigenvalue weighted by molar-refractivity contribution is -0.118. The number of hydrogen-bond acceptors (Lipinski definition) is 3. The lowest BCUT2D eigenvalue weighted by Gasteiger charge is -2.40. The molecule has 146 valence electrons. The van der Waals surface area contributed by atoms with Gasteiger partial charge in [-0.2, -0.15) is 0 Å². The highest BCUT2D eigenvalue weighted by atomic mass is 35.5. The van der Waals surface area contributed by atoms with Crippen molar-refractivity contribution in [3.05, 3.63) is 64.4 Å². The molecule has 0 amide bonds. The van der Waals surface area contributed by atoms with Crippen molar-refractivity contribution in [1.82, 2.24) is 0 Å². The Labute approximate surface area is 171 Å². The molecule has 1 aliphatic heterocycles. The number of benzene rings is 2. The Bertz CT molecular complexity index is 921. The molecule has 2 aromatic carbocycles. The van der Waals surface area contributed by atoms with Crippen LogP contribution in [0, 0.1) is 5.41 Å². The van der Waals surface area contributed by atoms with E-state index in [4.69, 9.17) is 16.3 Å². The number of carbonyl (C=O) groups excluding carboxylic acids is 1. The Morgan fingerprint density at radius 1 is 1.04 bits per heavy atom. The summed E-state index contributed by atoms with van der Waals surface area (Å²) < 4.78 is 5.47. The van der Waals surface area contributed by atoms with Crippen molar-refractivity contribution in [2.75, 3.05) is 13.2 Å². The van der Waals surface area contributed by atoms with Crippen LogP contribution in [0.2, 0.25) is 5.02 Å². The Morgan fingerprint density at radius 3 is 2.36 bits per heavy atom. The molecule has 1 heterocycles. The second kappa shape index (κ2) is 7.73. The smallest absolute Gasteiger partial charge is 0.167 e. The highest BCUT2D eigenvalue weighted by Gasteiger charge is 2.41. The second-order valence-corrected chi connectivity index (χ2v) is 8.38. The van der Waals surface area contributed by atoms with E-state index in [0.29, 0.717) is 36.7 Å². The first-order chi connectivity index (χ1) is 13.5. The van der Waals surface area contributed by atoms with E-state index in [1.54, 1.807) is 0 Å². The summed E-state index contributed by atoms with van der Waals surface area (Å²) in [7, 11) is 0. The molecular formula is C24H25ClO3. The van der Waals surface area contributed by atoms with Gasteiger partial charge in [-0.05, 0) is 65.1 Å². The minimum atomic E-state index is -0.136. The first-order valence-electron chi connectivity index (χ1n) is 9.94. The molecule has 1 fully saturated rings. The van der Waals surface area contributed by atoms with Crippen molar-refractivity contribution in [3.8, 4) is 11.1 Å². The summed E-state index contributed by atoms with van der Waals surface area (Å²) in [5.41, 5.74) is 4.36. The largest absolute Gasteiger partial charge is 0.512 e. The molecule has 2 aliphatic rings. The second-order valence-electron chi connectivity index (χ2n) is 7.94. The summed E-state index contributed by atoms with van der Waals surface area (Å²) in [6.45, 7) is 3.41. The van der Waals surface area contributed by atoms with E-state index in [-0.39, 0.29) is 17.0 Å². The van der Waals surface area contributed by atoms with E-state index < -0.39 is 0 Å². The average Bonchev–Trinajstić information content (AvgIpc) is 2.68. The third-order valence-electron chi connectivity index (χ3n) is 6.14. The van der Waals surface area contributed by atoms with Crippen LogP contribution in [0.3, 0.4) is 0 Å². The zero-order chi connectivity index (χ0) is 19.7. The van der Waals surface area contributed by atoms with Gasteiger partial charge in [-0.1, -0.05) is 42.8 Å². The number of halogens is 1. The highest BCUT2D eigenvalue weighted by molar-refractivity contribution is 6.30. The van der Waals surface area contributed by atoms with Crippen LogP contribution in [0.25, 0.3) is 16.7 Å². The maximum absolute atomic E-state index is 13.2. The zero-order valence-corrected chi connectivity index (χ0v) is 16.9. The first-order valence-corrected chi connectivity index (χ1v) is 10.3. The molecule has 28 heavy (non-hydrogen) atoms. The third kappa shape index (κ3) is 3.61. The Balaban J connectivity index is 1.76. The normalized spacial score (nSPS) is 19.3. The van der Waals surface area contributed by atoms with Crippen LogP contribution in [0.5, 0.6) is 0 Å². The Kier molecular flexibility index (Phi) is 5.31. The monoisotopic (exact) mass is 396 g/mol. The summed E-state index contributed by atoms with van der Waals surface area (Å²) in [6.07, 6.45) is 3.53. The van der Waals surface area contributed by atoms with Crippen LogP contribution in [-0.4, -0.2) is 24.1 Å². The van der Waals surface area contributed by atoms with Gasteiger partial charge in [0.2, 0.25) is 0 Å². The maximum Gasteiger partial charge on any atom is 0.167 e. The zero-order valence-electron chi connectivity index (χ0n) is 16.1. The molecule has 4 heteroatoms. The molecule has 0 radical (unpaired) electrons. The molecule has 1 spiro atoms. The van der Waals surface area contributed by atoms with Gasteiger partial charge < -0.3 is 9.84 Å². The Hall–Kier alpha value is -2.10. The fourth-order valence-corrected chi connectivity index (χ4v) is 4.63. The molecule has 2 aromatic rings. The molecule has 1 aliphatic carbocycles. The topological polar surface area (TPSA) is 46.5 Å². The number of aliphatic hydroxyl groups excluding tert-OH is 1. The minimum Gasteiger partial charge on any atom is -0.512 e. The molecule has 0 aromatic heterocycles. The number of Topliss-reactive ketones (excluding diaryl/α,β-unsaturated/α-hetero) is 1. The standard InChI is InChI=1S/C24H25ClO3/c1-2-16-3-4-18(17-5-7-19(25)8-6-17)13-20(16)23-21(26)14-24(15-22(23)27)9-11-28-12-10-24/h3-8,13,26H,2,9-12,14-15H2,1H3. The van der Waals surface area contributed by atoms with Gasteiger partial charge in [0.25, 0.3) is 0 Å². The summed E-state index contributed by atoms with van der Waals surface area (Å²) in [5.74, 6) is 0.287. The lowest BCUT2D eigenvalue weighted by atomic mass is 9.67. The number of rotatable bonds is 3. The first kappa shape index (κ1) is 19.2. The number of aliphatic hydroxyl groups is 1. The molecular weight excluding hydrogens is 372 g/mol. The number of carbonyl (C=O) groups is 1. The van der Waals surface area contributed by atoms with Gasteiger partial charge >= 0.3 is 0 Å². The molecule has 0 bridgehead atoms. The molecule has 1 N–H and O–H groups in total. The molecule has 0 saturated carbocycles. The number of allylic oxidation sites excluding steroid dienone is 2. The summed E-state index contributed by atoms with van der Waals surface area (Å²) >= 11 is 6.01. The van der Waals surface area contributed by atoms with Gasteiger partial charge in [0.15, 0.2) is 5.78 Å². The van der Waals surface area contributed by atoms with Gasteiger partial charge in [0, 0.05) is 31.1 Å². The number of aryl methyl sites for hydroxylation is 1. The summed E-state index contributed by atoms with van der Waals surface area (Å²) in [5, 5.41) is 11.6. The lowest BCUT2D eigenvalue weighted by Crippen LogP contribution is -2.36. The fourth-order valence-electron chi connectivity index (χ4n) is 4.50. The van der Waals surface area contributed by atoms with Crippen molar-refractivity contribution < 1.29 is 14.6 Å². The van der Waals surface area contributed by atoms with E-state index in [1.807, 2.05) is 30.3 Å². The molecule has 0 unspecified atom stereocenters. The maximum atomic E-state index is 13.2. The van der Waals surface area contributed by atoms with Crippen LogP contribution < -0.4 is 0 Å². The molecule has 4 rings (SSSR count). The van der Waals surface area contributed by atoms with Gasteiger partial charge in [0.1, 0.15) is 5.76 Å². The van der Waals surface area contributed by atoms with Crippen molar-refractivity contribution >= 4 is 23.0 Å². The van der Waals surface area contributed by atoms with Gasteiger partial charge in [-0.15, -0.1) is 0 Å². The Morgan fingerprint density at radius 2 is 1.71 bits per heavy atom. The van der Waals surface area contributed by atoms with Crippen LogP contribution in [0.1, 0.15) is 43.7 Å². The average molecular weight is 397 g/mol.